The van der Waals surface area contributed by atoms with Crippen molar-refractivity contribution in [3.63, 3.8) is 0 Å². The van der Waals surface area contributed by atoms with E-state index in [9.17, 15) is 44.1 Å². The summed E-state index contributed by atoms with van der Waals surface area (Å²) in [5, 5.41) is 37.5. The number of rotatable bonds is 7. The topological polar surface area (TPSA) is 237 Å². The van der Waals surface area contributed by atoms with Crippen LogP contribution in [0.25, 0.3) is 0 Å². The Bertz CT molecular complexity index is 2240. The number of phenols is 1. The second kappa shape index (κ2) is 21.3. The fourth-order valence-corrected chi connectivity index (χ4v) is 9.56. The highest BCUT2D eigenvalue weighted by Crippen LogP contribution is 2.49. The molecule has 5 heterocycles. The number of ketones is 3. The van der Waals surface area contributed by atoms with Gasteiger partial charge in [0.15, 0.2) is 0 Å². The summed E-state index contributed by atoms with van der Waals surface area (Å²) in [7, 11) is 3.39. The third kappa shape index (κ3) is 10.7. The normalized spacial score (nSPS) is 33.0. The van der Waals surface area contributed by atoms with E-state index in [2.05, 4.69) is 10.2 Å². The molecule has 2 saturated heterocycles. The molecule has 10 atom stereocenters. The number of carbonyl (C=O) groups is 6. The number of esters is 2. The molecule has 6 aliphatic rings. The molecule has 1 aromatic carbocycles. The van der Waals surface area contributed by atoms with Gasteiger partial charge in [-0.25, -0.2) is 0 Å². The molecular weight excluding hydrogens is 871 g/mol. The minimum Gasteiger partial charge on any atom is -0.507 e. The van der Waals surface area contributed by atoms with Crippen molar-refractivity contribution in [2.75, 3.05) is 60.2 Å². The number of methoxy groups -OCH3 is 1. The van der Waals surface area contributed by atoms with Crippen LogP contribution < -0.4 is 10.1 Å². The number of hydrogen-bond acceptors (Lipinski definition) is 17. The maximum absolute atomic E-state index is 14.8. The number of piperidine rings is 1. The first-order valence-corrected chi connectivity index (χ1v) is 22.9. The van der Waals surface area contributed by atoms with E-state index in [1.54, 1.807) is 44.7 Å². The van der Waals surface area contributed by atoms with Gasteiger partial charge in [0.05, 0.1) is 61.1 Å². The van der Waals surface area contributed by atoms with Crippen LogP contribution in [-0.2, 0) is 38.1 Å². The number of likely N-dealkylation sites (tertiary alicyclic amines) is 1. The lowest BCUT2D eigenvalue weighted by Gasteiger charge is -2.38. The molecule has 2 fully saturated rings. The molecule has 67 heavy (non-hydrogen) atoms. The number of phenolic OH excluding ortho intramolecular Hbond substituents is 1. The second-order valence-corrected chi connectivity index (χ2v) is 18.6. The van der Waals surface area contributed by atoms with E-state index >= 15 is 0 Å². The number of benzene rings is 1. The number of fused-ring (bicyclic) bond motifs is 14. The van der Waals surface area contributed by atoms with Crippen LogP contribution in [0.4, 0.5) is 0 Å². The van der Waals surface area contributed by atoms with Crippen molar-refractivity contribution in [1.82, 2.24) is 15.1 Å². The smallest absolute Gasteiger partial charge is 0.317 e. The van der Waals surface area contributed by atoms with E-state index in [4.69, 9.17) is 28.4 Å². The Kier molecular flexibility index (Phi) is 16.2. The minimum atomic E-state index is -2.14. The molecule has 0 aromatic heterocycles. The fraction of sp³-hybridized carbons (Fsp3) is 0.592. The second-order valence-electron chi connectivity index (χ2n) is 18.6. The summed E-state index contributed by atoms with van der Waals surface area (Å²) in [6.45, 7) is 13.6. The van der Waals surface area contributed by atoms with Gasteiger partial charge in [0, 0.05) is 74.4 Å². The van der Waals surface area contributed by atoms with Crippen LogP contribution >= 0.6 is 0 Å². The number of Topliss-reactive ketones (excluding diaryl/α,β-unsaturated/α-hetero) is 3. The van der Waals surface area contributed by atoms with Gasteiger partial charge in [-0.15, -0.1) is 0 Å². The number of hydrogen-bond donors (Lipinski definition) is 4. The molecule has 0 radical (unpaired) electrons. The Morgan fingerprint density at radius 2 is 1.61 bits per heavy atom. The first-order chi connectivity index (χ1) is 31.7. The van der Waals surface area contributed by atoms with Crippen molar-refractivity contribution in [1.29, 1.82) is 0 Å². The lowest BCUT2D eigenvalue weighted by molar-refractivity contribution is -0.168. The van der Waals surface area contributed by atoms with Gasteiger partial charge in [0.1, 0.15) is 35.4 Å². The number of nitrogens with zero attached hydrogens (tertiary/aromatic N) is 2. The van der Waals surface area contributed by atoms with Gasteiger partial charge in [0.25, 0.3) is 11.7 Å². The average molecular weight is 936 g/mol. The quantitative estimate of drug-likeness (QED) is 0.226. The summed E-state index contributed by atoms with van der Waals surface area (Å²) < 4.78 is 34.9. The summed E-state index contributed by atoms with van der Waals surface area (Å²) in [5.41, 5.74) is -1.64. The van der Waals surface area contributed by atoms with Crippen LogP contribution in [0.1, 0.15) is 97.4 Å². The van der Waals surface area contributed by atoms with Crippen molar-refractivity contribution in [2.24, 2.45) is 29.6 Å². The van der Waals surface area contributed by atoms with E-state index in [1.165, 1.54) is 40.0 Å². The van der Waals surface area contributed by atoms with Crippen LogP contribution in [0.15, 0.2) is 47.5 Å². The molecule has 0 saturated carbocycles. The van der Waals surface area contributed by atoms with Gasteiger partial charge in [-0.05, 0) is 46.4 Å². The monoisotopic (exact) mass is 935 g/mol. The van der Waals surface area contributed by atoms with Crippen LogP contribution in [0.3, 0.4) is 0 Å². The van der Waals surface area contributed by atoms with E-state index < -0.39 is 112 Å². The zero-order valence-electron chi connectivity index (χ0n) is 39.8. The summed E-state index contributed by atoms with van der Waals surface area (Å²) in [4.78, 5) is 87.8. The molecule has 5 bridgehead atoms. The van der Waals surface area contributed by atoms with Crippen LogP contribution in [0, 0.1) is 36.5 Å². The van der Waals surface area contributed by atoms with Crippen LogP contribution in [0.2, 0.25) is 0 Å². The van der Waals surface area contributed by atoms with E-state index in [1.807, 2.05) is 7.05 Å². The Labute approximate surface area is 390 Å². The van der Waals surface area contributed by atoms with Crippen molar-refractivity contribution in [3.05, 3.63) is 69.8 Å². The Balaban J connectivity index is 1.37. The van der Waals surface area contributed by atoms with Gasteiger partial charge >= 0.3 is 17.7 Å². The predicted molar refractivity (Wildman–Crippen MR) is 241 cm³/mol. The summed E-state index contributed by atoms with van der Waals surface area (Å²) in [5.74, 6) is -10.8. The van der Waals surface area contributed by atoms with Gasteiger partial charge < -0.3 is 58.9 Å². The van der Waals surface area contributed by atoms with E-state index in [0.717, 1.165) is 32.2 Å². The number of amides is 1. The molecule has 1 aliphatic carbocycles. The maximum Gasteiger partial charge on any atom is 0.317 e. The van der Waals surface area contributed by atoms with Crippen molar-refractivity contribution >= 4 is 35.2 Å². The molecule has 18 nitrogen and oxygen atoms in total. The Morgan fingerprint density at radius 3 is 2.28 bits per heavy atom. The molecular formula is C49H65N3O15. The number of aliphatic hydroxyl groups excluding tert-OH is 2. The molecule has 0 spiro atoms. The number of aromatic hydroxyl groups is 1. The average Bonchev–Trinajstić information content (AvgIpc) is 3.56. The first kappa shape index (κ1) is 51.0. The number of ether oxygens (including phenoxy) is 6. The molecule has 7 rings (SSSR count). The molecule has 4 N–H and O–H groups in total. The number of carbonyl (C=O) groups excluding carboxylic acids is 6. The SMILES string of the molecule is CO[C@H]1/C=C/O[C@@]2(C)Oc3c(C)c(O)c4c(c3C2=O)C(=O)C(N2CCOCC2)=C(NC(=O)/C(C)=C\C=C\[C@H](C)[C@H](O)[C@@H](C)[C@@H](O)[C@@H](C)[C@H](OC(=O)CC(=O)OCC2CCCN(C)C2)[C@@H]1C)C4=O. The molecule has 366 valence electrons. The zero-order chi connectivity index (χ0) is 49.1. The van der Waals surface area contributed by atoms with Crippen molar-refractivity contribution in [3.8, 4) is 11.5 Å². The highest BCUT2D eigenvalue weighted by Gasteiger charge is 2.53. The molecule has 18 heteroatoms. The Hall–Kier alpha value is -5.40. The highest BCUT2D eigenvalue weighted by atomic mass is 16.7. The molecule has 1 aromatic rings. The third-order valence-corrected chi connectivity index (χ3v) is 13.7. The van der Waals surface area contributed by atoms with E-state index in [0.29, 0.717) is 0 Å². The van der Waals surface area contributed by atoms with Crippen LogP contribution in [0.5, 0.6) is 11.5 Å². The summed E-state index contributed by atoms with van der Waals surface area (Å²) in [6.07, 6.45) is 3.91. The number of allylic oxidation sites excluding steroid dienone is 4. The van der Waals surface area contributed by atoms with E-state index in [-0.39, 0.29) is 72.7 Å². The highest BCUT2D eigenvalue weighted by molar-refractivity contribution is 6.32. The maximum atomic E-state index is 14.8. The van der Waals surface area contributed by atoms with Crippen LogP contribution in [-0.4, -0.2) is 151 Å². The molecule has 1 amide bonds. The number of aliphatic hydroxyl groups is 2. The van der Waals surface area contributed by atoms with Gasteiger partial charge in [-0.2, -0.15) is 0 Å². The van der Waals surface area contributed by atoms with Gasteiger partial charge in [-0.1, -0.05) is 45.9 Å². The van der Waals surface area contributed by atoms with Gasteiger partial charge in [-0.3, -0.25) is 28.8 Å². The fourth-order valence-electron chi connectivity index (χ4n) is 9.56. The molecule has 1 unspecified atom stereocenters. The molecule has 5 aliphatic heterocycles. The zero-order valence-corrected chi connectivity index (χ0v) is 39.8. The predicted octanol–water partition coefficient (Wildman–Crippen LogP) is 3.55. The first-order valence-electron chi connectivity index (χ1n) is 22.9. The van der Waals surface area contributed by atoms with Crippen molar-refractivity contribution < 1.29 is 72.5 Å². The third-order valence-electron chi connectivity index (χ3n) is 13.7. The summed E-state index contributed by atoms with van der Waals surface area (Å²) in [6, 6.07) is 0. The standard InChI is InChI=1S/C49H65N3O15/c1-25-12-10-13-26(2)48(61)50-38-39(52-17-20-63-21-18-52)44(59)35-36(43(38)58)42(57)30(6)46-37(35)47(60)49(7,67-46)65-19-15-32(62-9)27(3)45(29(5)41(56)28(4)40(25)55)66-34(54)22-33(53)64-24-31-14-11-16-51(8)23-31/h10,12-13,15,19,25,27-29,31-32,40-41,45,55-57H,11,14,16-18,20-24H2,1-9H3,(H,50,61)/b12-10+,19-15+,26-13-/t25-,27+,28+,29+,31?,32-,40-,41+,45+,49-/m0/s1. The lowest BCUT2D eigenvalue weighted by Crippen LogP contribution is -2.47. The number of nitrogens with one attached hydrogen (secondary N) is 1. The lowest BCUT2D eigenvalue weighted by atomic mass is 9.78. The summed E-state index contributed by atoms with van der Waals surface area (Å²) >= 11 is 0. The van der Waals surface area contributed by atoms with Crippen molar-refractivity contribution in [2.45, 2.75) is 97.9 Å². The largest absolute Gasteiger partial charge is 0.507 e. The minimum absolute atomic E-state index is 0.0246. The van der Waals surface area contributed by atoms with Gasteiger partial charge in [0.2, 0.25) is 11.6 Å². The number of morpholine rings is 1. The Morgan fingerprint density at radius 1 is 0.910 bits per heavy atom.